The van der Waals surface area contributed by atoms with Gasteiger partial charge in [-0.2, -0.15) is 0 Å². The van der Waals surface area contributed by atoms with Gasteiger partial charge in [0, 0.05) is 0 Å². The van der Waals surface area contributed by atoms with Crippen molar-refractivity contribution in [1.29, 1.82) is 0 Å². The fourth-order valence-corrected chi connectivity index (χ4v) is 51.6. The summed E-state index contributed by atoms with van der Waals surface area (Å²) in [6.07, 6.45) is 0. The zero-order valence-corrected chi connectivity index (χ0v) is 28.0. The minimum absolute atomic E-state index is 0.206. The predicted molar refractivity (Wildman–Crippen MR) is 140 cm³/mol. The average Bonchev–Trinajstić information content (AvgIpc) is 2.78. The van der Waals surface area contributed by atoms with Gasteiger partial charge < -0.3 is 0 Å². The van der Waals surface area contributed by atoms with Crippen molar-refractivity contribution in [3.05, 3.63) is 40.5 Å². The Kier molecular flexibility index (Phi) is 4.96. The summed E-state index contributed by atoms with van der Waals surface area (Å²) in [6, 6.07) is 0. The van der Waals surface area contributed by atoms with Gasteiger partial charge in [-0.1, -0.05) is 0 Å². The van der Waals surface area contributed by atoms with E-state index in [1.807, 2.05) is 62.3 Å². The van der Waals surface area contributed by atoms with Crippen LogP contribution in [0.3, 0.4) is 0 Å². The Labute approximate surface area is 221 Å². The third-order valence-electron chi connectivity index (χ3n) is 13.6. The SMILES string of the molecule is C[CH2][Pb]([CH2]C)([CH2]C)[C]12C3([N+](=O)[O-])[C@H]4C5([N+](=O)[O-])[C@H]3[C@]1([N+](=O)[O-])C5([Si](C(C)C)(C(C)C)C(C)C)[C@@]42[N+](=O)[O-]. The topological polar surface area (TPSA) is 173 Å². The molecule has 0 saturated heterocycles. The second-order valence-electron chi connectivity index (χ2n) is 13.3. The van der Waals surface area contributed by atoms with Crippen LogP contribution in [0.2, 0.25) is 36.6 Å². The Balaban J connectivity index is 2.05. The Hall–Kier alpha value is -1.26. The van der Waals surface area contributed by atoms with E-state index in [1.54, 1.807) is 0 Å². The van der Waals surface area contributed by atoms with Crippen molar-refractivity contribution in [3.8, 4) is 0 Å². The molecule has 6 fully saturated rings. The van der Waals surface area contributed by atoms with Gasteiger partial charge in [0.2, 0.25) is 0 Å². The average molecular weight is 734 g/mol. The monoisotopic (exact) mass is 734 g/mol. The third-order valence-corrected chi connectivity index (χ3v) is 48.3. The van der Waals surface area contributed by atoms with Gasteiger partial charge in [-0.25, -0.2) is 0 Å². The molecule has 4 atom stereocenters. The van der Waals surface area contributed by atoms with Crippen LogP contribution in [0.1, 0.15) is 62.3 Å². The standard InChI is InChI=1S/C17H23N4O8Si.3C2H5.Pb/c1-7(2)30(8(3)4,9(5)6)17-14(19(24)25)10-13(18(22)23)11(14)16(17,21(28)29)12(13)15(10,17)20(26)27;3*1-2;/h7-11H,1-6H3;3*1H2,2H3;/t10-,11-,13?,14?,15+,16+,17?;;;;/m0..../s1. The molecule has 6 aliphatic carbocycles. The minimum atomic E-state index is -4.28. The van der Waals surface area contributed by atoms with E-state index < -0.39 is 90.9 Å². The summed E-state index contributed by atoms with van der Waals surface area (Å²) in [7, 11) is -3.30. The van der Waals surface area contributed by atoms with Crippen LogP contribution in [0, 0.1) is 52.3 Å². The maximum atomic E-state index is 13.6. The van der Waals surface area contributed by atoms with Crippen molar-refractivity contribution in [1.82, 2.24) is 0 Å². The van der Waals surface area contributed by atoms with Crippen molar-refractivity contribution in [2.45, 2.75) is 121 Å². The van der Waals surface area contributed by atoms with E-state index in [9.17, 15) is 40.5 Å². The number of nitro groups is 4. The molecule has 0 aromatic heterocycles. The molecular weight excluding hydrogens is 696 g/mol. The first-order valence-electron chi connectivity index (χ1n) is 13.6. The van der Waals surface area contributed by atoms with Gasteiger partial charge in [0.25, 0.3) is 0 Å². The molecule has 0 amide bonds. The van der Waals surface area contributed by atoms with Gasteiger partial charge in [0.1, 0.15) is 0 Å². The van der Waals surface area contributed by atoms with Crippen LogP contribution >= 0.6 is 0 Å². The van der Waals surface area contributed by atoms with Crippen LogP contribution in [0.25, 0.3) is 0 Å². The fraction of sp³-hybridized carbons (Fsp3) is 1.00. The van der Waals surface area contributed by atoms with E-state index in [4.69, 9.17) is 0 Å². The molecule has 6 aliphatic rings. The van der Waals surface area contributed by atoms with Crippen LogP contribution in [-0.4, -0.2) is 71.1 Å². The number of rotatable bonds is 12. The van der Waals surface area contributed by atoms with Crippen LogP contribution in [0.5, 0.6) is 0 Å². The molecule has 6 rings (SSSR count). The molecule has 0 aromatic rings. The molecule has 12 nitrogen and oxygen atoms in total. The molecule has 0 N–H and O–H groups in total. The maximum absolute atomic E-state index is 13.6. The van der Waals surface area contributed by atoms with Crippen molar-refractivity contribution >= 4 is 29.2 Å². The first-order chi connectivity index (χ1) is 17.0. The second kappa shape index (κ2) is 6.72. The molecule has 0 bridgehead atoms. The number of nitrogens with zero attached hydrogens (tertiary/aromatic N) is 4. The van der Waals surface area contributed by atoms with E-state index in [1.165, 1.54) is 0 Å². The summed E-state index contributed by atoms with van der Waals surface area (Å²) in [5.41, 5.74) is -8.32. The fourth-order valence-electron chi connectivity index (χ4n) is 14.4. The number of hydrogen-bond donors (Lipinski definition) is 0. The summed E-state index contributed by atoms with van der Waals surface area (Å²) in [4.78, 5) is 51.5. The van der Waals surface area contributed by atoms with Gasteiger partial charge in [-0.05, 0) is 0 Å². The Morgan fingerprint density at radius 2 is 0.973 bits per heavy atom. The summed E-state index contributed by atoms with van der Waals surface area (Å²) in [5.74, 6) is -2.71. The zero-order chi connectivity index (χ0) is 28.3. The first kappa shape index (κ1) is 27.3. The van der Waals surface area contributed by atoms with E-state index in [2.05, 4.69) is 0 Å². The van der Waals surface area contributed by atoms with E-state index in [0.29, 0.717) is 11.9 Å². The molecule has 0 heterocycles. The molecule has 0 spiro atoms. The molecule has 0 aromatic carbocycles. The molecule has 37 heavy (non-hydrogen) atoms. The summed E-state index contributed by atoms with van der Waals surface area (Å²) in [5, 5.41) is 51.6. The van der Waals surface area contributed by atoms with E-state index >= 15 is 0 Å². The first-order valence-corrected chi connectivity index (χ1v) is 26.0. The molecule has 0 aliphatic heterocycles. The molecule has 0 radical (unpaired) electrons. The Morgan fingerprint density at radius 1 is 0.649 bits per heavy atom. The van der Waals surface area contributed by atoms with Crippen LogP contribution < -0.4 is 0 Å². The molecular formula is C23H38N4O8PbSi. The van der Waals surface area contributed by atoms with Crippen molar-refractivity contribution < 1.29 is 19.7 Å². The zero-order valence-electron chi connectivity index (χ0n) is 23.1. The molecule has 14 heteroatoms. The molecule has 206 valence electrons. The normalized spacial score (nSPS) is 45.8. The summed E-state index contributed by atoms with van der Waals surface area (Å²) in [6.45, 7) is 17.3. The van der Waals surface area contributed by atoms with Gasteiger partial charge in [0.05, 0.1) is 0 Å². The van der Waals surface area contributed by atoms with Gasteiger partial charge in [-0.15, -0.1) is 0 Å². The van der Waals surface area contributed by atoms with Gasteiger partial charge in [-0.3, -0.25) is 0 Å². The van der Waals surface area contributed by atoms with Crippen LogP contribution in [0.15, 0.2) is 0 Å². The molecule has 6 saturated carbocycles. The predicted octanol–water partition coefficient (Wildman–Crippen LogP) is 5.02. The van der Waals surface area contributed by atoms with Crippen molar-refractivity contribution in [2.75, 3.05) is 0 Å². The van der Waals surface area contributed by atoms with Gasteiger partial charge in [0.15, 0.2) is 0 Å². The quantitative estimate of drug-likeness (QED) is 0.153. The second-order valence-corrected chi connectivity index (χ2v) is 40.5. The third kappa shape index (κ3) is 1.50. The Bertz CT molecular complexity index is 1120. The summed E-state index contributed by atoms with van der Waals surface area (Å²) < 4.78 is -0.0389. The van der Waals surface area contributed by atoms with Crippen molar-refractivity contribution in [3.63, 3.8) is 0 Å². The number of hydrogen-bond acceptors (Lipinski definition) is 8. The van der Waals surface area contributed by atoms with Crippen LogP contribution in [-0.2, 0) is 0 Å². The van der Waals surface area contributed by atoms with E-state index in [0.717, 1.165) is 0 Å². The summed E-state index contributed by atoms with van der Waals surface area (Å²) >= 11 is -4.28. The Morgan fingerprint density at radius 3 is 1.19 bits per heavy atom. The van der Waals surface area contributed by atoms with Crippen molar-refractivity contribution in [2.24, 2.45) is 11.8 Å². The molecule has 0 unspecified atom stereocenters. The van der Waals surface area contributed by atoms with E-state index in [-0.39, 0.29) is 16.6 Å². The van der Waals surface area contributed by atoms with Gasteiger partial charge >= 0.3 is 222 Å². The van der Waals surface area contributed by atoms with Crippen LogP contribution in [0.4, 0.5) is 0 Å².